The van der Waals surface area contributed by atoms with Crippen LogP contribution in [0.2, 0.25) is 0 Å². The van der Waals surface area contributed by atoms with E-state index in [9.17, 15) is 9.00 Å². The van der Waals surface area contributed by atoms with Crippen LogP contribution in [0.3, 0.4) is 0 Å². The van der Waals surface area contributed by atoms with E-state index in [0.717, 1.165) is 41.2 Å². The number of amides is 1. The van der Waals surface area contributed by atoms with E-state index in [1.165, 1.54) is 18.5 Å². The van der Waals surface area contributed by atoms with E-state index < -0.39 is 22.2 Å². The van der Waals surface area contributed by atoms with Crippen LogP contribution in [0.1, 0.15) is 29.9 Å². The molecule has 40 heavy (non-hydrogen) atoms. The molecule has 3 atom stereocenters. The number of aromatic nitrogens is 4. The van der Waals surface area contributed by atoms with Gasteiger partial charge in [-0.05, 0) is 50.2 Å². The van der Waals surface area contributed by atoms with E-state index in [4.69, 9.17) is 24.6 Å². The van der Waals surface area contributed by atoms with Gasteiger partial charge in [0.15, 0.2) is 0 Å². The van der Waals surface area contributed by atoms with Crippen molar-refractivity contribution in [1.82, 2.24) is 25.3 Å². The quantitative estimate of drug-likeness (QED) is 0.294. The molecule has 4 aromatic heterocycles. The van der Waals surface area contributed by atoms with E-state index >= 15 is 0 Å². The number of fused-ring (bicyclic) bond motifs is 1. The second kappa shape index (κ2) is 11.6. The highest BCUT2D eigenvalue weighted by Gasteiger charge is 2.23. The summed E-state index contributed by atoms with van der Waals surface area (Å²) in [7, 11) is -3.23. The highest BCUT2D eigenvalue weighted by Crippen LogP contribution is 2.24. The summed E-state index contributed by atoms with van der Waals surface area (Å²) in [4.78, 5) is 33.2. The van der Waals surface area contributed by atoms with Gasteiger partial charge in [-0.3, -0.25) is 14.8 Å². The molecule has 1 aliphatic heterocycles. The largest absolute Gasteiger partial charge is 0.395 e. The molecule has 0 spiro atoms. The Balaban J connectivity index is 1.32. The number of pyridine rings is 4. The number of ether oxygens (including phenoxy) is 1. The molecule has 1 aliphatic rings. The first-order valence-corrected chi connectivity index (χ1v) is 14.7. The van der Waals surface area contributed by atoms with E-state index in [1.54, 1.807) is 6.20 Å². The Labute approximate surface area is 232 Å². The number of aliphatic hydroxyl groups is 1. The van der Waals surface area contributed by atoms with Crippen molar-refractivity contribution in [3.8, 4) is 11.4 Å². The summed E-state index contributed by atoms with van der Waals surface area (Å²) in [5.74, 6) is 0.224. The highest BCUT2D eigenvalue weighted by molar-refractivity contribution is 7.92. The van der Waals surface area contributed by atoms with Gasteiger partial charge in [0.2, 0.25) is 0 Å². The lowest BCUT2D eigenvalue weighted by molar-refractivity contribution is -0.00545. The van der Waals surface area contributed by atoms with E-state index in [1.807, 2.05) is 36.4 Å². The second-order valence-corrected chi connectivity index (χ2v) is 12.0. The monoisotopic (exact) mass is 561 g/mol. The first-order valence-electron chi connectivity index (χ1n) is 13.0. The van der Waals surface area contributed by atoms with Gasteiger partial charge in [-0.15, -0.1) is 0 Å². The fourth-order valence-corrected chi connectivity index (χ4v) is 5.69. The number of aliphatic hydroxyl groups excluding tert-OH is 1. The molecule has 1 amide bonds. The van der Waals surface area contributed by atoms with Gasteiger partial charge in [-0.25, -0.2) is 19.0 Å². The molecule has 0 radical (unpaired) electrons. The van der Waals surface area contributed by atoms with E-state index in [2.05, 4.69) is 34.0 Å². The van der Waals surface area contributed by atoms with Gasteiger partial charge in [0, 0.05) is 37.1 Å². The zero-order valence-corrected chi connectivity index (χ0v) is 23.1. The molecule has 208 valence electrons. The summed E-state index contributed by atoms with van der Waals surface area (Å²) in [5, 5.41) is 12.7. The van der Waals surface area contributed by atoms with Crippen molar-refractivity contribution in [1.29, 1.82) is 4.78 Å². The summed E-state index contributed by atoms with van der Waals surface area (Å²) in [5.41, 5.74) is 3.00. The Bertz CT molecular complexity index is 1640. The average molecular weight is 562 g/mol. The molecular weight excluding hydrogens is 530 g/mol. The molecule has 1 fully saturated rings. The first-order chi connectivity index (χ1) is 19.2. The summed E-state index contributed by atoms with van der Waals surface area (Å²) >= 11 is 0. The SMILES string of the molecule is C[C@@H]1CN(c2cccc(-c3ccc4cnc(CNC(=O)c5cncc([S@@](=N)(=O)CCO)c5)cc4n3)n2)C[C@H](C)O1. The van der Waals surface area contributed by atoms with Crippen LogP contribution >= 0.6 is 0 Å². The Morgan fingerprint density at radius 3 is 2.65 bits per heavy atom. The van der Waals surface area contributed by atoms with Crippen molar-refractivity contribution < 1.29 is 18.8 Å². The Morgan fingerprint density at radius 1 is 1.10 bits per heavy atom. The highest BCUT2D eigenvalue weighted by atomic mass is 32.2. The van der Waals surface area contributed by atoms with Crippen molar-refractivity contribution in [2.45, 2.75) is 37.5 Å². The third kappa shape index (κ3) is 6.24. The number of rotatable bonds is 8. The zero-order valence-electron chi connectivity index (χ0n) is 22.3. The Kier molecular flexibility index (Phi) is 8.01. The second-order valence-electron chi connectivity index (χ2n) is 9.80. The lowest BCUT2D eigenvalue weighted by Crippen LogP contribution is -2.45. The minimum Gasteiger partial charge on any atom is -0.395 e. The summed E-state index contributed by atoms with van der Waals surface area (Å²) in [6, 6.07) is 13.0. The van der Waals surface area contributed by atoms with Gasteiger partial charge in [0.25, 0.3) is 5.91 Å². The molecule has 3 N–H and O–H groups in total. The third-order valence-electron chi connectivity index (χ3n) is 6.54. The summed E-state index contributed by atoms with van der Waals surface area (Å²) in [6.07, 6.45) is 4.59. The molecule has 0 bridgehead atoms. The van der Waals surface area contributed by atoms with Gasteiger partial charge in [-0.2, -0.15) is 0 Å². The van der Waals surface area contributed by atoms with Crippen LogP contribution in [0.5, 0.6) is 0 Å². The molecule has 0 aliphatic carbocycles. The molecule has 0 saturated carbocycles. The topological polar surface area (TPSA) is 154 Å². The van der Waals surface area contributed by atoms with E-state index in [0.29, 0.717) is 5.69 Å². The van der Waals surface area contributed by atoms with Crippen LogP contribution in [0.25, 0.3) is 22.3 Å². The molecule has 0 unspecified atom stereocenters. The number of nitrogens with one attached hydrogen (secondary N) is 2. The van der Waals surface area contributed by atoms with Crippen molar-refractivity contribution >= 4 is 32.4 Å². The van der Waals surface area contributed by atoms with Crippen LogP contribution in [-0.2, 0) is 21.0 Å². The van der Waals surface area contributed by atoms with Gasteiger partial charge in [0.05, 0.1) is 73.9 Å². The molecule has 4 aromatic rings. The summed E-state index contributed by atoms with van der Waals surface area (Å²) < 4.78 is 26.2. The van der Waals surface area contributed by atoms with Gasteiger partial charge in [-0.1, -0.05) is 6.07 Å². The molecule has 12 heteroatoms. The zero-order chi connectivity index (χ0) is 28.3. The molecular formula is C28H31N7O4S. The normalized spacial score (nSPS) is 18.8. The smallest absolute Gasteiger partial charge is 0.253 e. The fourth-order valence-electron chi connectivity index (χ4n) is 4.65. The number of carbonyl (C=O) groups excluding carboxylic acids is 1. The predicted molar refractivity (Wildman–Crippen MR) is 151 cm³/mol. The molecule has 11 nitrogen and oxygen atoms in total. The minimum absolute atomic E-state index is 0.102. The van der Waals surface area contributed by atoms with Crippen molar-refractivity contribution in [2.24, 2.45) is 0 Å². The third-order valence-corrected chi connectivity index (χ3v) is 8.28. The number of nitrogens with zero attached hydrogens (tertiary/aromatic N) is 5. The Morgan fingerprint density at radius 2 is 1.88 bits per heavy atom. The number of morpholine rings is 1. The molecule has 5 heterocycles. The first kappa shape index (κ1) is 27.6. The van der Waals surface area contributed by atoms with Crippen LogP contribution in [-0.4, -0.2) is 72.8 Å². The lowest BCUT2D eigenvalue weighted by Gasteiger charge is -2.36. The maximum Gasteiger partial charge on any atom is 0.253 e. The number of carbonyl (C=O) groups is 1. The van der Waals surface area contributed by atoms with Crippen LogP contribution in [0.4, 0.5) is 5.82 Å². The standard InChI is InChI=1S/C28H31N7O4S/c1-18-16-35(17-19(2)39-18)27-5-3-4-24(34-27)25-7-6-20-13-31-22(11-26(20)33-25)14-32-28(37)21-10-23(15-30-12-21)40(29,38)9-8-36/h3-7,10-13,15,18-19,29,36H,8-9,14,16-17H2,1-2H3,(H,32,37)/t18-,19+,40-/m0/s1. The molecule has 1 saturated heterocycles. The predicted octanol–water partition coefficient (Wildman–Crippen LogP) is 3.03. The van der Waals surface area contributed by atoms with Crippen LogP contribution in [0, 0.1) is 4.78 Å². The Hall–Kier alpha value is -4.00. The van der Waals surface area contributed by atoms with Crippen molar-refractivity contribution in [2.75, 3.05) is 30.3 Å². The number of hydrogen-bond donors (Lipinski definition) is 3. The number of anilines is 1. The maximum atomic E-state index is 12.7. The lowest BCUT2D eigenvalue weighted by atomic mass is 10.1. The van der Waals surface area contributed by atoms with Gasteiger partial charge in [0.1, 0.15) is 5.82 Å². The van der Waals surface area contributed by atoms with Gasteiger partial charge >= 0.3 is 0 Å². The van der Waals surface area contributed by atoms with E-state index in [-0.39, 0.29) is 35.0 Å². The molecule has 5 rings (SSSR count). The van der Waals surface area contributed by atoms with Crippen LogP contribution < -0.4 is 10.2 Å². The maximum absolute atomic E-state index is 12.7. The fraction of sp³-hybridized carbons (Fsp3) is 0.321. The van der Waals surface area contributed by atoms with Gasteiger partial charge < -0.3 is 20.1 Å². The summed E-state index contributed by atoms with van der Waals surface area (Å²) in [6.45, 7) is 5.42. The van der Waals surface area contributed by atoms with Crippen molar-refractivity contribution in [3.63, 3.8) is 0 Å². The average Bonchev–Trinajstić information content (AvgIpc) is 2.95. The minimum atomic E-state index is -3.23. The molecule has 0 aromatic carbocycles. The number of hydrogen-bond acceptors (Lipinski definition) is 10. The van der Waals surface area contributed by atoms with Crippen molar-refractivity contribution in [3.05, 3.63) is 72.3 Å². The van der Waals surface area contributed by atoms with Crippen LogP contribution in [0.15, 0.2) is 66.0 Å².